The van der Waals surface area contributed by atoms with Crippen LogP contribution in [-0.4, -0.2) is 48.6 Å². The summed E-state index contributed by atoms with van der Waals surface area (Å²) >= 11 is 0. The second-order valence-corrected chi connectivity index (χ2v) is 7.69. The van der Waals surface area contributed by atoms with Gasteiger partial charge in [-0.1, -0.05) is 12.2 Å². The third-order valence-electron chi connectivity index (χ3n) is 5.69. The lowest BCUT2D eigenvalue weighted by Crippen LogP contribution is -2.25. The Morgan fingerprint density at radius 3 is 2.08 bits per heavy atom. The van der Waals surface area contributed by atoms with Crippen LogP contribution < -0.4 is 0 Å². The van der Waals surface area contributed by atoms with Gasteiger partial charge in [0.05, 0.1) is 19.3 Å². The number of nitrogens with zero attached hydrogens (tertiary/aromatic N) is 1. The molecule has 2 fully saturated rings. The fourth-order valence-electron chi connectivity index (χ4n) is 3.96. The zero-order valence-corrected chi connectivity index (χ0v) is 15.9. The minimum atomic E-state index is -0.314. The molecule has 0 spiro atoms. The molecule has 0 heterocycles. The number of nitro groups is 1. The molecule has 2 aliphatic carbocycles. The number of unbranched alkanes of at least 4 members (excludes halogenated alkanes) is 1. The van der Waals surface area contributed by atoms with Crippen molar-refractivity contribution in [3.8, 4) is 0 Å². The first kappa shape index (κ1) is 21.3. The van der Waals surface area contributed by atoms with Crippen molar-refractivity contribution in [3.05, 3.63) is 22.3 Å². The molecule has 0 aromatic carbocycles. The summed E-state index contributed by atoms with van der Waals surface area (Å²) in [5.74, 6) is 1.17. The molecule has 26 heavy (non-hydrogen) atoms. The van der Waals surface area contributed by atoms with Gasteiger partial charge < -0.3 is 14.6 Å². The first-order valence-corrected chi connectivity index (χ1v) is 10.3. The minimum absolute atomic E-state index is 0.110. The molecule has 0 radical (unpaired) electrons. The van der Waals surface area contributed by atoms with Crippen LogP contribution in [0.2, 0.25) is 0 Å². The topological polar surface area (TPSA) is 81.8 Å². The molecule has 6 heteroatoms. The van der Waals surface area contributed by atoms with E-state index in [1.165, 1.54) is 12.8 Å². The average molecular weight is 370 g/mol. The molecule has 0 unspecified atom stereocenters. The smallest absolute Gasteiger partial charge is 0.213 e. The van der Waals surface area contributed by atoms with Crippen molar-refractivity contribution >= 4 is 0 Å². The monoisotopic (exact) mass is 369 g/mol. The first-order valence-electron chi connectivity index (χ1n) is 10.3. The van der Waals surface area contributed by atoms with Crippen molar-refractivity contribution in [2.75, 3.05) is 26.4 Å². The van der Waals surface area contributed by atoms with Gasteiger partial charge in [-0.2, -0.15) is 0 Å². The highest BCUT2D eigenvalue weighted by molar-refractivity contribution is 4.96. The predicted octanol–water partition coefficient (Wildman–Crippen LogP) is 3.74. The standard InChI is InChI=1S/C20H35NO5/c22-13-1-2-14-25-15-16-26-20-11-7-18(8-12-20)4-3-17-5-9-19(10-6-17)21(23)24/h3-4,17-20,22H,1-2,5-16H2/b4-3-. The number of rotatable bonds is 11. The Balaban J connectivity index is 1.51. The van der Waals surface area contributed by atoms with Gasteiger partial charge in [0.15, 0.2) is 0 Å². The summed E-state index contributed by atoms with van der Waals surface area (Å²) < 4.78 is 11.4. The van der Waals surface area contributed by atoms with Gasteiger partial charge in [-0.25, -0.2) is 0 Å². The van der Waals surface area contributed by atoms with E-state index in [1.54, 1.807) is 0 Å². The van der Waals surface area contributed by atoms with Crippen molar-refractivity contribution in [2.45, 2.75) is 76.4 Å². The first-order chi connectivity index (χ1) is 12.7. The zero-order chi connectivity index (χ0) is 18.6. The van der Waals surface area contributed by atoms with Crippen LogP contribution in [-0.2, 0) is 9.47 Å². The normalized spacial score (nSPS) is 29.9. The van der Waals surface area contributed by atoms with E-state index in [0.29, 0.717) is 37.8 Å². The number of aliphatic hydroxyl groups is 1. The Labute approximate surface area is 157 Å². The fraction of sp³-hybridized carbons (Fsp3) is 0.900. The van der Waals surface area contributed by atoms with E-state index in [-0.39, 0.29) is 17.6 Å². The summed E-state index contributed by atoms with van der Waals surface area (Å²) in [7, 11) is 0. The van der Waals surface area contributed by atoms with Gasteiger partial charge in [-0.3, -0.25) is 10.1 Å². The van der Waals surface area contributed by atoms with Crippen molar-refractivity contribution in [3.63, 3.8) is 0 Å². The lowest BCUT2D eigenvalue weighted by molar-refractivity contribution is -0.526. The number of allylic oxidation sites excluding steroid dienone is 2. The van der Waals surface area contributed by atoms with E-state index in [2.05, 4.69) is 12.2 Å². The molecule has 0 saturated heterocycles. The summed E-state index contributed by atoms with van der Waals surface area (Å²) in [5, 5.41) is 19.5. The SMILES string of the molecule is O=[N+]([O-])C1CCC(/C=C\C2CCC(OCCOCCCCO)CC2)CC1. The van der Waals surface area contributed by atoms with Gasteiger partial charge in [-0.15, -0.1) is 0 Å². The molecule has 1 N–H and O–H groups in total. The summed E-state index contributed by atoms with van der Waals surface area (Å²) in [6.07, 6.45) is 14.7. The highest BCUT2D eigenvalue weighted by Gasteiger charge is 2.27. The van der Waals surface area contributed by atoms with Crippen LogP contribution in [0.15, 0.2) is 12.2 Å². The molecule has 0 aromatic heterocycles. The molecule has 6 nitrogen and oxygen atoms in total. The van der Waals surface area contributed by atoms with Gasteiger partial charge >= 0.3 is 0 Å². The molecule has 2 rings (SSSR count). The maximum atomic E-state index is 10.8. The van der Waals surface area contributed by atoms with E-state index < -0.39 is 0 Å². The molecule has 0 aromatic rings. The van der Waals surface area contributed by atoms with E-state index in [9.17, 15) is 10.1 Å². The lowest BCUT2D eigenvalue weighted by Gasteiger charge is -2.27. The van der Waals surface area contributed by atoms with E-state index in [1.807, 2.05) is 0 Å². The summed E-state index contributed by atoms with van der Waals surface area (Å²) in [5.41, 5.74) is 0. The highest BCUT2D eigenvalue weighted by Crippen LogP contribution is 2.30. The number of aliphatic hydroxyl groups excluding tert-OH is 1. The van der Waals surface area contributed by atoms with Gasteiger partial charge in [-0.05, 0) is 63.2 Å². The Bertz CT molecular complexity index is 412. The molecule has 0 atom stereocenters. The highest BCUT2D eigenvalue weighted by atomic mass is 16.6. The van der Waals surface area contributed by atoms with Crippen LogP contribution in [0.25, 0.3) is 0 Å². The van der Waals surface area contributed by atoms with Gasteiger partial charge in [0.25, 0.3) is 0 Å². The Kier molecular flexibility index (Phi) is 10.2. The molecule has 0 aliphatic heterocycles. The van der Waals surface area contributed by atoms with E-state index >= 15 is 0 Å². The van der Waals surface area contributed by atoms with E-state index in [0.717, 1.165) is 51.4 Å². The predicted molar refractivity (Wildman–Crippen MR) is 101 cm³/mol. The van der Waals surface area contributed by atoms with Crippen LogP contribution in [0.1, 0.15) is 64.2 Å². The number of ether oxygens (including phenoxy) is 2. The Hall–Kier alpha value is -0.980. The van der Waals surface area contributed by atoms with Crippen molar-refractivity contribution < 1.29 is 19.5 Å². The van der Waals surface area contributed by atoms with Gasteiger partial charge in [0, 0.05) is 31.0 Å². The summed E-state index contributed by atoms with van der Waals surface area (Å²) in [6.45, 7) is 2.23. The third-order valence-corrected chi connectivity index (χ3v) is 5.69. The fourth-order valence-corrected chi connectivity index (χ4v) is 3.96. The lowest BCUT2D eigenvalue weighted by atomic mass is 9.83. The maximum absolute atomic E-state index is 10.8. The Morgan fingerprint density at radius 1 is 0.885 bits per heavy atom. The van der Waals surface area contributed by atoms with Crippen LogP contribution in [0.3, 0.4) is 0 Å². The Morgan fingerprint density at radius 2 is 1.50 bits per heavy atom. The number of hydrogen-bond donors (Lipinski definition) is 1. The average Bonchev–Trinajstić information content (AvgIpc) is 2.67. The number of hydrogen-bond acceptors (Lipinski definition) is 5. The largest absolute Gasteiger partial charge is 0.396 e. The minimum Gasteiger partial charge on any atom is -0.396 e. The summed E-state index contributed by atoms with van der Waals surface area (Å²) in [4.78, 5) is 10.7. The van der Waals surface area contributed by atoms with Crippen LogP contribution in [0.5, 0.6) is 0 Å². The molecule has 150 valence electrons. The van der Waals surface area contributed by atoms with E-state index in [4.69, 9.17) is 14.6 Å². The van der Waals surface area contributed by atoms with Crippen molar-refractivity contribution in [1.29, 1.82) is 0 Å². The van der Waals surface area contributed by atoms with Crippen LogP contribution >= 0.6 is 0 Å². The van der Waals surface area contributed by atoms with Gasteiger partial charge in [0.2, 0.25) is 6.04 Å². The molecular weight excluding hydrogens is 334 g/mol. The molecule has 0 amide bonds. The van der Waals surface area contributed by atoms with Crippen molar-refractivity contribution in [2.24, 2.45) is 11.8 Å². The van der Waals surface area contributed by atoms with Crippen molar-refractivity contribution in [1.82, 2.24) is 0 Å². The molecule has 2 saturated carbocycles. The maximum Gasteiger partial charge on any atom is 0.213 e. The van der Waals surface area contributed by atoms with Crippen LogP contribution in [0, 0.1) is 22.0 Å². The molecule has 0 bridgehead atoms. The molecular formula is C20H35NO5. The summed E-state index contributed by atoms with van der Waals surface area (Å²) in [6, 6.07) is -0.314. The van der Waals surface area contributed by atoms with Crippen LogP contribution in [0.4, 0.5) is 0 Å². The second kappa shape index (κ2) is 12.4. The third kappa shape index (κ3) is 8.14. The van der Waals surface area contributed by atoms with Gasteiger partial charge in [0.1, 0.15) is 0 Å². The second-order valence-electron chi connectivity index (χ2n) is 7.69. The molecule has 2 aliphatic rings. The zero-order valence-electron chi connectivity index (χ0n) is 15.9. The quantitative estimate of drug-likeness (QED) is 0.260.